The van der Waals surface area contributed by atoms with Crippen molar-refractivity contribution < 1.29 is 0 Å². The summed E-state index contributed by atoms with van der Waals surface area (Å²) in [6.07, 6.45) is 3.05. The molecule has 1 aromatic rings. The Bertz CT molecular complexity index is 294. The Labute approximate surface area is 71.3 Å². The summed E-state index contributed by atoms with van der Waals surface area (Å²) in [5.74, 6) is 0. The fourth-order valence-electron chi connectivity index (χ4n) is 0.902. The van der Waals surface area contributed by atoms with Crippen molar-refractivity contribution in [3.8, 4) is 0 Å². The summed E-state index contributed by atoms with van der Waals surface area (Å²) in [5.41, 5.74) is -0.00731. The zero-order valence-electron chi connectivity index (χ0n) is 7.32. The minimum absolute atomic E-state index is 0.00731. The summed E-state index contributed by atoms with van der Waals surface area (Å²) in [6, 6.07) is 1.74. The molecule has 0 bridgehead atoms. The van der Waals surface area contributed by atoms with Gasteiger partial charge in [0.2, 0.25) is 0 Å². The van der Waals surface area contributed by atoms with Crippen LogP contribution in [-0.4, -0.2) is 22.6 Å². The molecular weight excluding hydrogens is 154 g/mol. The summed E-state index contributed by atoms with van der Waals surface area (Å²) in [4.78, 5) is 15.0. The van der Waals surface area contributed by atoms with Crippen LogP contribution < -0.4 is 10.9 Å². The van der Waals surface area contributed by atoms with E-state index in [0.29, 0.717) is 6.54 Å². The number of aromatic nitrogens is 2. The molecule has 1 unspecified atom stereocenters. The number of hydrogen-bond donors (Lipinski definition) is 1. The van der Waals surface area contributed by atoms with Gasteiger partial charge in [0, 0.05) is 24.8 Å². The second-order valence-corrected chi connectivity index (χ2v) is 2.76. The fraction of sp³-hybridized carbons (Fsp3) is 0.500. The van der Waals surface area contributed by atoms with E-state index in [2.05, 4.69) is 10.3 Å². The van der Waals surface area contributed by atoms with Gasteiger partial charge in [-0.2, -0.15) is 0 Å². The predicted octanol–water partition coefficient (Wildman–Crippen LogP) is -0.149. The highest BCUT2D eigenvalue weighted by atomic mass is 16.1. The Balaban J connectivity index is 2.76. The Morgan fingerprint density at radius 3 is 3.08 bits per heavy atom. The molecule has 4 nitrogen and oxygen atoms in total. The van der Waals surface area contributed by atoms with Crippen molar-refractivity contribution in [3.05, 3.63) is 28.9 Å². The Hall–Kier alpha value is -1.16. The van der Waals surface area contributed by atoms with Crippen molar-refractivity contribution in [3.63, 3.8) is 0 Å². The largest absolute Gasteiger partial charge is 0.315 e. The lowest BCUT2D eigenvalue weighted by molar-refractivity contribution is 0.500. The number of hydrogen-bond acceptors (Lipinski definition) is 3. The molecule has 0 saturated carbocycles. The van der Waals surface area contributed by atoms with E-state index in [9.17, 15) is 4.79 Å². The third-order valence-electron chi connectivity index (χ3n) is 1.76. The normalized spacial score (nSPS) is 12.8. The van der Waals surface area contributed by atoms with Crippen molar-refractivity contribution in [2.45, 2.75) is 19.5 Å². The van der Waals surface area contributed by atoms with Crippen molar-refractivity contribution in [2.75, 3.05) is 7.05 Å². The standard InChI is InChI=1S/C8H13N3O/c1-7(9-2)5-11-6-10-4-3-8(11)12/h3-4,6-7,9H,5H2,1-2H3. The molecule has 1 aromatic heterocycles. The van der Waals surface area contributed by atoms with Crippen LogP contribution in [0.1, 0.15) is 6.92 Å². The molecular formula is C8H13N3O. The lowest BCUT2D eigenvalue weighted by Crippen LogP contribution is -2.31. The molecule has 0 radical (unpaired) electrons. The van der Waals surface area contributed by atoms with Gasteiger partial charge in [0.15, 0.2) is 0 Å². The van der Waals surface area contributed by atoms with Gasteiger partial charge in [-0.05, 0) is 14.0 Å². The van der Waals surface area contributed by atoms with Crippen LogP contribution in [0, 0.1) is 0 Å². The first-order valence-electron chi connectivity index (χ1n) is 3.91. The molecule has 12 heavy (non-hydrogen) atoms. The molecule has 4 heteroatoms. The monoisotopic (exact) mass is 167 g/mol. The maximum Gasteiger partial charge on any atom is 0.253 e. The minimum atomic E-state index is -0.00731. The molecule has 0 aliphatic rings. The predicted molar refractivity (Wildman–Crippen MR) is 47.0 cm³/mol. The topological polar surface area (TPSA) is 46.9 Å². The molecule has 1 heterocycles. The first-order chi connectivity index (χ1) is 5.74. The summed E-state index contributed by atoms with van der Waals surface area (Å²) in [6.45, 7) is 2.67. The van der Waals surface area contributed by atoms with Crippen LogP contribution in [0.25, 0.3) is 0 Å². The van der Waals surface area contributed by atoms with Gasteiger partial charge in [-0.25, -0.2) is 4.98 Å². The van der Waals surface area contributed by atoms with E-state index in [0.717, 1.165) is 0 Å². The van der Waals surface area contributed by atoms with Crippen molar-refractivity contribution >= 4 is 0 Å². The fourth-order valence-corrected chi connectivity index (χ4v) is 0.902. The Morgan fingerprint density at radius 2 is 2.50 bits per heavy atom. The molecule has 0 spiro atoms. The van der Waals surface area contributed by atoms with Crippen LogP contribution in [0.3, 0.4) is 0 Å². The van der Waals surface area contributed by atoms with Gasteiger partial charge in [0.1, 0.15) is 0 Å². The average Bonchev–Trinajstić information content (AvgIpc) is 2.09. The van der Waals surface area contributed by atoms with E-state index >= 15 is 0 Å². The van der Waals surface area contributed by atoms with Crippen LogP contribution in [-0.2, 0) is 6.54 Å². The van der Waals surface area contributed by atoms with Crippen molar-refractivity contribution in [2.24, 2.45) is 0 Å². The van der Waals surface area contributed by atoms with Crippen LogP contribution >= 0.6 is 0 Å². The minimum Gasteiger partial charge on any atom is -0.315 e. The second kappa shape index (κ2) is 4.01. The van der Waals surface area contributed by atoms with Gasteiger partial charge in [-0.1, -0.05) is 0 Å². The van der Waals surface area contributed by atoms with Gasteiger partial charge < -0.3 is 5.32 Å². The van der Waals surface area contributed by atoms with E-state index in [1.165, 1.54) is 12.3 Å². The third kappa shape index (κ3) is 2.17. The van der Waals surface area contributed by atoms with Gasteiger partial charge in [0.25, 0.3) is 5.56 Å². The first kappa shape index (κ1) is 8.93. The van der Waals surface area contributed by atoms with Gasteiger partial charge >= 0.3 is 0 Å². The molecule has 1 rings (SSSR count). The maximum atomic E-state index is 11.2. The van der Waals surface area contributed by atoms with E-state index in [1.807, 2.05) is 14.0 Å². The van der Waals surface area contributed by atoms with E-state index in [4.69, 9.17) is 0 Å². The highest BCUT2D eigenvalue weighted by Crippen LogP contribution is 1.84. The summed E-state index contributed by atoms with van der Waals surface area (Å²) < 4.78 is 1.58. The van der Waals surface area contributed by atoms with Crippen molar-refractivity contribution in [1.82, 2.24) is 14.9 Å². The summed E-state index contributed by atoms with van der Waals surface area (Å²) in [7, 11) is 1.87. The maximum absolute atomic E-state index is 11.2. The summed E-state index contributed by atoms with van der Waals surface area (Å²) >= 11 is 0. The van der Waals surface area contributed by atoms with E-state index < -0.39 is 0 Å². The molecule has 1 atom stereocenters. The van der Waals surface area contributed by atoms with Gasteiger partial charge in [-0.15, -0.1) is 0 Å². The number of rotatable bonds is 3. The lowest BCUT2D eigenvalue weighted by Gasteiger charge is -2.10. The van der Waals surface area contributed by atoms with Crippen molar-refractivity contribution in [1.29, 1.82) is 0 Å². The third-order valence-corrected chi connectivity index (χ3v) is 1.76. The summed E-state index contributed by atoms with van der Waals surface area (Å²) in [5, 5.41) is 3.05. The zero-order chi connectivity index (χ0) is 8.97. The lowest BCUT2D eigenvalue weighted by atomic mass is 10.3. The Kier molecular flexibility index (Phi) is 2.99. The smallest absolute Gasteiger partial charge is 0.253 e. The molecule has 0 saturated heterocycles. The molecule has 0 fully saturated rings. The Morgan fingerprint density at radius 1 is 1.75 bits per heavy atom. The quantitative estimate of drug-likeness (QED) is 0.681. The van der Waals surface area contributed by atoms with Gasteiger partial charge in [-0.3, -0.25) is 9.36 Å². The zero-order valence-corrected chi connectivity index (χ0v) is 7.32. The molecule has 0 aliphatic heterocycles. The molecule has 1 N–H and O–H groups in total. The second-order valence-electron chi connectivity index (χ2n) is 2.76. The van der Waals surface area contributed by atoms with Crippen LogP contribution in [0.4, 0.5) is 0 Å². The van der Waals surface area contributed by atoms with Crippen LogP contribution in [0.5, 0.6) is 0 Å². The molecule has 0 aliphatic carbocycles. The number of nitrogens with one attached hydrogen (secondary N) is 1. The van der Waals surface area contributed by atoms with Gasteiger partial charge in [0.05, 0.1) is 6.33 Å². The van der Waals surface area contributed by atoms with E-state index in [-0.39, 0.29) is 11.6 Å². The van der Waals surface area contributed by atoms with Crippen LogP contribution in [0.2, 0.25) is 0 Å². The molecule has 0 amide bonds. The average molecular weight is 167 g/mol. The highest BCUT2D eigenvalue weighted by molar-refractivity contribution is 4.82. The number of nitrogens with zero attached hydrogens (tertiary/aromatic N) is 2. The SMILES string of the molecule is CNC(C)Cn1cnccc1=O. The van der Waals surface area contributed by atoms with Crippen LogP contribution in [0.15, 0.2) is 23.4 Å². The first-order valence-corrected chi connectivity index (χ1v) is 3.91. The molecule has 66 valence electrons. The van der Waals surface area contributed by atoms with E-state index in [1.54, 1.807) is 10.9 Å². The number of likely N-dealkylation sites (N-methyl/N-ethyl adjacent to an activating group) is 1. The highest BCUT2D eigenvalue weighted by Gasteiger charge is 1.99. The molecule has 0 aromatic carbocycles.